The lowest BCUT2D eigenvalue weighted by Crippen LogP contribution is -2.36. The number of anilines is 1. The summed E-state index contributed by atoms with van der Waals surface area (Å²) in [6, 6.07) is 18.2. The van der Waals surface area contributed by atoms with Gasteiger partial charge >= 0.3 is 0 Å². The fourth-order valence-corrected chi connectivity index (χ4v) is 3.16. The molecule has 25 heavy (non-hydrogen) atoms. The van der Waals surface area contributed by atoms with Crippen molar-refractivity contribution in [2.24, 2.45) is 5.73 Å². The van der Waals surface area contributed by atoms with Gasteiger partial charge in [-0.2, -0.15) is 0 Å². The molecular formula is C20H20N4O. The summed E-state index contributed by atoms with van der Waals surface area (Å²) in [6.45, 7) is 0.792. The molecule has 2 aromatic carbocycles. The third-order valence-electron chi connectivity index (χ3n) is 4.46. The summed E-state index contributed by atoms with van der Waals surface area (Å²) in [6.07, 6.45) is 2.02. The van der Waals surface area contributed by atoms with Crippen LogP contribution in [0, 0.1) is 0 Å². The summed E-state index contributed by atoms with van der Waals surface area (Å²) < 4.78 is 5.25. The Hall–Kier alpha value is -3.05. The van der Waals surface area contributed by atoms with Crippen molar-refractivity contribution in [1.82, 2.24) is 9.99 Å². The predicted octanol–water partition coefficient (Wildman–Crippen LogP) is 3.38. The summed E-state index contributed by atoms with van der Waals surface area (Å²) in [5.41, 5.74) is 10.1. The summed E-state index contributed by atoms with van der Waals surface area (Å²) in [7, 11) is 3.69. The zero-order valence-electron chi connectivity index (χ0n) is 14.3. The summed E-state index contributed by atoms with van der Waals surface area (Å²) >= 11 is 0. The molecule has 126 valence electrons. The van der Waals surface area contributed by atoms with Crippen LogP contribution in [0.25, 0.3) is 22.2 Å². The zero-order chi connectivity index (χ0) is 17.4. The first-order valence-corrected chi connectivity index (χ1v) is 8.18. The van der Waals surface area contributed by atoms with Crippen molar-refractivity contribution in [2.75, 3.05) is 25.7 Å². The van der Waals surface area contributed by atoms with Gasteiger partial charge < -0.3 is 10.5 Å². The summed E-state index contributed by atoms with van der Waals surface area (Å²) in [5, 5.41) is 5.20. The Bertz CT molecular complexity index is 950. The van der Waals surface area contributed by atoms with Gasteiger partial charge in [0.25, 0.3) is 0 Å². The van der Waals surface area contributed by atoms with Crippen LogP contribution >= 0.6 is 0 Å². The van der Waals surface area contributed by atoms with Crippen molar-refractivity contribution < 1.29 is 4.74 Å². The van der Waals surface area contributed by atoms with Gasteiger partial charge in [0.2, 0.25) is 0 Å². The van der Waals surface area contributed by atoms with E-state index >= 15 is 0 Å². The lowest BCUT2D eigenvalue weighted by molar-refractivity contribution is 0.389. The van der Waals surface area contributed by atoms with Crippen molar-refractivity contribution in [2.45, 2.75) is 0 Å². The van der Waals surface area contributed by atoms with Crippen LogP contribution in [-0.4, -0.2) is 30.7 Å². The number of fused-ring (bicyclic) bond motifs is 1. The number of para-hydroxylation sites is 1. The molecule has 0 bridgehead atoms. The largest absolute Gasteiger partial charge is 0.497 e. The molecule has 2 heterocycles. The van der Waals surface area contributed by atoms with Crippen LogP contribution in [0.4, 0.5) is 5.69 Å². The van der Waals surface area contributed by atoms with E-state index < -0.39 is 0 Å². The Labute approximate surface area is 146 Å². The lowest BCUT2D eigenvalue weighted by Gasteiger charge is -2.29. The monoisotopic (exact) mass is 332 g/mol. The van der Waals surface area contributed by atoms with Crippen molar-refractivity contribution in [3.63, 3.8) is 0 Å². The van der Waals surface area contributed by atoms with Crippen molar-refractivity contribution in [1.29, 1.82) is 0 Å². The molecule has 1 aromatic heterocycles. The minimum atomic E-state index is 0.736. The van der Waals surface area contributed by atoms with E-state index in [0.717, 1.165) is 46.0 Å². The first-order valence-electron chi connectivity index (χ1n) is 8.18. The number of ether oxygens (including phenoxy) is 1. The number of nitrogens with two attached hydrogens (primary N) is 1. The van der Waals surface area contributed by atoms with E-state index in [9.17, 15) is 0 Å². The van der Waals surface area contributed by atoms with Gasteiger partial charge in [0.1, 0.15) is 11.6 Å². The molecule has 0 saturated carbocycles. The van der Waals surface area contributed by atoms with Gasteiger partial charge in [-0.25, -0.2) is 9.99 Å². The SMILES string of the molecule is COc1ccc(-c2cc(N3C(N)=CCN3C)c3ccccc3n2)cc1. The fourth-order valence-electron chi connectivity index (χ4n) is 3.16. The highest BCUT2D eigenvalue weighted by Crippen LogP contribution is 2.34. The van der Waals surface area contributed by atoms with E-state index in [1.807, 2.05) is 60.6 Å². The molecular weight excluding hydrogens is 312 g/mol. The second kappa shape index (κ2) is 6.11. The number of hydrogen-bond acceptors (Lipinski definition) is 5. The van der Waals surface area contributed by atoms with Crippen molar-refractivity contribution >= 4 is 16.6 Å². The maximum Gasteiger partial charge on any atom is 0.118 e. The van der Waals surface area contributed by atoms with Gasteiger partial charge in [-0.3, -0.25) is 5.01 Å². The predicted molar refractivity (Wildman–Crippen MR) is 101 cm³/mol. The molecule has 3 aromatic rings. The van der Waals surface area contributed by atoms with Gasteiger partial charge in [-0.1, -0.05) is 18.2 Å². The topological polar surface area (TPSA) is 54.6 Å². The highest BCUT2D eigenvalue weighted by Gasteiger charge is 2.23. The highest BCUT2D eigenvalue weighted by atomic mass is 16.5. The highest BCUT2D eigenvalue weighted by molar-refractivity contribution is 5.94. The van der Waals surface area contributed by atoms with Crippen LogP contribution in [0.1, 0.15) is 0 Å². The quantitative estimate of drug-likeness (QED) is 0.797. The number of methoxy groups -OCH3 is 1. The molecule has 2 N–H and O–H groups in total. The number of aromatic nitrogens is 1. The molecule has 5 heteroatoms. The van der Waals surface area contributed by atoms with Crippen LogP contribution in [0.15, 0.2) is 66.5 Å². The second-order valence-electron chi connectivity index (χ2n) is 6.05. The maximum atomic E-state index is 6.23. The number of benzene rings is 2. The molecule has 0 unspecified atom stereocenters. The summed E-state index contributed by atoms with van der Waals surface area (Å²) in [5.74, 6) is 1.57. The fraction of sp³-hybridized carbons (Fsp3) is 0.150. The van der Waals surface area contributed by atoms with E-state index in [-0.39, 0.29) is 0 Å². The number of pyridine rings is 1. The van der Waals surface area contributed by atoms with E-state index in [1.54, 1.807) is 7.11 Å². The van der Waals surface area contributed by atoms with E-state index in [0.29, 0.717) is 0 Å². The lowest BCUT2D eigenvalue weighted by atomic mass is 10.1. The maximum absolute atomic E-state index is 6.23. The van der Waals surface area contributed by atoms with Crippen LogP contribution in [0.3, 0.4) is 0 Å². The van der Waals surface area contributed by atoms with Gasteiger partial charge in [0.05, 0.1) is 24.0 Å². The Morgan fingerprint density at radius 1 is 1.08 bits per heavy atom. The Balaban J connectivity index is 1.90. The molecule has 0 saturated heterocycles. The average Bonchev–Trinajstić information content (AvgIpc) is 2.99. The molecule has 1 aliphatic rings. The van der Waals surface area contributed by atoms with Gasteiger partial charge in [-0.15, -0.1) is 0 Å². The van der Waals surface area contributed by atoms with Gasteiger partial charge in [-0.05, 0) is 42.5 Å². The molecule has 5 nitrogen and oxygen atoms in total. The number of hydrogen-bond donors (Lipinski definition) is 1. The third-order valence-corrected chi connectivity index (χ3v) is 4.46. The molecule has 0 fully saturated rings. The first-order chi connectivity index (χ1) is 12.2. The molecule has 0 radical (unpaired) electrons. The Morgan fingerprint density at radius 3 is 2.52 bits per heavy atom. The number of nitrogens with zero attached hydrogens (tertiary/aromatic N) is 3. The molecule has 4 rings (SSSR count). The number of rotatable bonds is 3. The van der Waals surface area contributed by atoms with E-state index in [2.05, 4.69) is 17.1 Å². The smallest absolute Gasteiger partial charge is 0.118 e. The molecule has 0 aliphatic carbocycles. The standard InChI is InChI=1S/C20H20N4O/c1-23-12-11-20(21)24(23)19-13-18(14-7-9-15(25-2)10-8-14)22-17-6-4-3-5-16(17)19/h3-11,13H,12,21H2,1-2H3. The van der Waals surface area contributed by atoms with E-state index in [1.165, 1.54) is 0 Å². The molecule has 0 spiro atoms. The first kappa shape index (κ1) is 15.5. The second-order valence-corrected chi connectivity index (χ2v) is 6.05. The van der Waals surface area contributed by atoms with Crippen LogP contribution < -0.4 is 15.5 Å². The van der Waals surface area contributed by atoms with Gasteiger partial charge in [0.15, 0.2) is 0 Å². The molecule has 0 amide bonds. The van der Waals surface area contributed by atoms with Crippen LogP contribution in [0.2, 0.25) is 0 Å². The number of hydrazine groups is 1. The van der Waals surface area contributed by atoms with Crippen LogP contribution in [0.5, 0.6) is 5.75 Å². The van der Waals surface area contributed by atoms with Crippen molar-refractivity contribution in [3.05, 3.63) is 66.5 Å². The van der Waals surface area contributed by atoms with E-state index in [4.69, 9.17) is 15.5 Å². The van der Waals surface area contributed by atoms with Crippen molar-refractivity contribution in [3.8, 4) is 17.0 Å². The minimum Gasteiger partial charge on any atom is -0.497 e. The number of likely N-dealkylation sites (N-methyl/N-ethyl adjacent to an activating group) is 1. The molecule has 1 aliphatic heterocycles. The molecule has 0 atom stereocenters. The Kier molecular flexibility index (Phi) is 3.78. The minimum absolute atomic E-state index is 0.736. The van der Waals surface area contributed by atoms with Gasteiger partial charge in [0, 0.05) is 24.5 Å². The average molecular weight is 332 g/mol. The zero-order valence-corrected chi connectivity index (χ0v) is 14.3. The summed E-state index contributed by atoms with van der Waals surface area (Å²) in [4.78, 5) is 4.84. The Morgan fingerprint density at radius 2 is 1.84 bits per heavy atom. The normalized spacial score (nSPS) is 14.8. The van der Waals surface area contributed by atoms with Crippen LogP contribution in [-0.2, 0) is 0 Å². The third kappa shape index (κ3) is 2.68.